The lowest BCUT2D eigenvalue weighted by Gasteiger charge is -2.12. The normalized spacial score (nSPS) is 12.4. The van der Waals surface area contributed by atoms with Gasteiger partial charge in [0, 0.05) is 14.2 Å². The average molecular weight is 349 g/mol. The summed E-state index contributed by atoms with van der Waals surface area (Å²) in [5.74, 6) is 0. The highest BCUT2D eigenvalue weighted by Gasteiger charge is 2.38. The molecule has 1 aromatic heterocycles. The van der Waals surface area contributed by atoms with Crippen LogP contribution in [0.25, 0.3) is 0 Å². The van der Waals surface area contributed by atoms with E-state index < -0.39 is 27.6 Å². The molecule has 1 aromatic carbocycles. The average Bonchev–Trinajstić information content (AvgIpc) is 2.80. The molecule has 0 saturated heterocycles. The Morgan fingerprint density at radius 1 is 1.26 bits per heavy atom. The van der Waals surface area contributed by atoms with Crippen LogP contribution in [0.5, 0.6) is 0 Å². The molecule has 0 unspecified atom stereocenters. The van der Waals surface area contributed by atoms with E-state index in [-0.39, 0.29) is 4.90 Å². The third-order valence-corrected chi connectivity index (χ3v) is 4.38. The Labute approximate surface area is 130 Å². The number of alkyl halides is 3. The number of hydrogen-bond acceptors (Lipinski definition) is 4. The minimum absolute atomic E-state index is 0.158. The molecule has 1 heterocycles. The van der Waals surface area contributed by atoms with E-state index in [0.29, 0.717) is 11.3 Å². The van der Waals surface area contributed by atoms with E-state index in [4.69, 9.17) is 4.74 Å². The highest BCUT2D eigenvalue weighted by molar-refractivity contribution is 7.92. The zero-order chi connectivity index (χ0) is 17.3. The molecule has 0 spiro atoms. The van der Waals surface area contributed by atoms with E-state index in [1.807, 2.05) is 4.72 Å². The van der Waals surface area contributed by atoms with Crippen molar-refractivity contribution in [1.82, 2.24) is 9.78 Å². The van der Waals surface area contributed by atoms with Gasteiger partial charge in [0.25, 0.3) is 10.0 Å². The number of aromatic nitrogens is 2. The van der Waals surface area contributed by atoms with Crippen LogP contribution in [0.3, 0.4) is 0 Å². The summed E-state index contributed by atoms with van der Waals surface area (Å²) in [6.07, 6.45) is -3.91. The standard InChI is InChI=1S/C13H14F3N3O3S/c1-19-12(13(14,15)16)11(7-17-19)18-23(20,21)10-5-3-9(4-6-10)8-22-2/h3-7,18H,8H2,1-2H3. The molecule has 0 aliphatic carbocycles. The number of nitrogens with zero attached hydrogens (tertiary/aromatic N) is 2. The summed E-state index contributed by atoms with van der Waals surface area (Å²) in [5, 5.41) is 3.45. The van der Waals surface area contributed by atoms with Gasteiger partial charge in [-0.15, -0.1) is 0 Å². The smallest absolute Gasteiger partial charge is 0.380 e. The molecule has 0 amide bonds. The summed E-state index contributed by atoms with van der Waals surface area (Å²) in [6.45, 7) is 0.300. The highest BCUT2D eigenvalue weighted by Crippen LogP contribution is 2.35. The van der Waals surface area contributed by atoms with E-state index >= 15 is 0 Å². The van der Waals surface area contributed by atoms with E-state index in [9.17, 15) is 21.6 Å². The lowest BCUT2D eigenvalue weighted by Crippen LogP contribution is -2.18. The first-order valence-corrected chi connectivity index (χ1v) is 7.83. The maximum absolute atomic E-state index is 12.9. The van der Waals surface area contributed by atoms with Crippen molar-refractivity contribution < 1.29 is 26.3 Å². The molecular weight excluding hydrogens is 335 g/mol. The molecule has 0 fully saturated rings. The van der Waals surface area contributed by atoms with E-state index in [1.54, 1.807) is 0 Å². The molecule has 1 N–H and O–H groups in total. The topological polar surface area (TPSA) is 73.2 Å². The van der Waals surface area contributed by atoms with Gasteiger partial charge < -0.3 is 4.74 Å². The highest BCUT2D eigenvalue weighted by atomic mass is 32.2. The van der Waals surface area contributed by atoms with Gasteiger partial charge in [0.05, 0.1) is 23.4 Å². The lowest BCUT2D eigenvalue weighted by atomic mass is 10.2. The van der Waals surface area contributed by atoms with E-state index in [0.717, 1.165) is 18.8 Å². The summed E-state index contributed by atoms with van der Waals surface area (Å²) < 4.78 is 70.7. The van der Waals surface area contributed by atoms with Crippen LogP contribution >= 0.6 is 0 Å². The van der Waals surface area contributed by atoms with Crippen molar-refractivity contribution in [3.05, 3.63) is 41.7 Å². The molecular formula is C13H14F3N3O3S. The summed E-state index contributed by atoms with van der Waals surface area (Å²) in [6, 6.07) is 5.62. The fraction of sp³-hybridized carbons (Fsp3) is 0.308. The second-order valence-electron chi connectivity index (χ2n) is 4.71. The Hall–Kier alpha value is -2.07. The second kappa shape index (κ2) is 6.20. The molecule has 0 saturated carbocycles. The lowest BCUT2D eigenvalue weighted by molar-refractivity contribution is -0.143. The first-order chi connectivity index (χ1) is 10.6. The summed E-state index contributed by atoms with van der Waals surface area (Å²) in [5.41, 5.74) is -1.05. The largest absolute Gasteiger partial charge is 0.435 e. The predicted molar refractivity (Wildman–Crippen MR) is 76.2 cm³/mol. The fourth-order valence-corrected chi connectivity index (χ4v) is 3.03. The van der Waals surface area contributed by atoms with Crippen molar-refractivity contribution in [2.24, 2.45) is 7.05 Å². The second-order valence-corrected chi connectivity index (χ2v) is 6.39. The number of halogens is 3. The first-order valence-electron chi connectivity index (χ1n) is 6.35. The van der Waals surface area contributed by atoms with Gasteiger partial charge >= 0.3 is 6.18 Å². The van der Waals surface area contributed by atoms with Crippen molar-refractivity contribution in [2.75, 3.05) is 11.8 Å². The number of rotatable bonds is 5. The molecule has 0 radical (unpaired) electrons. The van der Waals surface area contributed by atoms with Crippen molar-refractivity contribution >= 4 is 15.7 Å². The molecule has 0 aliphatic rings. The van der Waals surface area contributed by atoms with Gasteiger partial charge in [-0.1, -0.05) is 12.1 Å². The number of sulfonamides is 1. The Balaban J connectivity index is 2.32. The van der Waals surface area contributed by atoms with Crippen LogP contribution < -0.4 is 4.72 Å². The zero-order valence-corrected chi connectivity index (χ0v) is 13.1. The Morgan fingerprint density at radius 2 is 1.87 bits per heavy atom. The van der Waals surface area contributed by atoms with Crippen LogP contribution in [-0.2, 0) is 34.6 Å². The van der Waals surface area contributed by atoms with Crippen LogP contribution in [0.15, 0.2) is 35.4 Å². The Kier molecular flexibility index (Phi) is 4.66. The Bertz CT molecular complexity index is 783. The number of aryl methyl sites for hydroxylation is 1. The molecule has 0 aliphatic heterocycles. The maximum Gasteiger partial charge on any atom is 0.435 e. The summed E-state index contributed by atoms with van der Waals surface area (Å²) in [4.78, 5) is -0.158. The van der Waals surface area contributed by atoms with Gasteiger partial charge in [0.15, 0.2) is 5.69 Å². The fourth-order valence-electron chi connectivity index (χ4n) is 1.98. The molecule has 10 heteroatoms. The number of ether oxygens (including phenoxy) is 1. The van der Waals surface area contributed by atoms with Gasteiger partial charge in [-0.3, -0.25) is 9.40 Å². The van der Waals surface area contributed by atoms with Crippen molar-refractivity contribution in [1.29, 1.82) is 0 Å². The number of nitrogens with one attached hydrogen (secondary N) is 1. The summed E-state index contributed by atoms with van der Waals surface area (Å²) >= 11 is 0. The van der Waals surface area contributed by atoms with Crippen LogP contribution in [0.4, 0.5) is 18.9 Å². The van der Waals surface area contributed by atoms with Gasteiger partial charge in [0.1, 0.15) is 0 Å². The van der Waals surface area contributed by atoms with Crippen molar-refractivity contribution in [2.45, 2.75) is 17.7 Å². The molecule has 2 rings (SSSR count). The number of benzene rings is 1. The minimum atomic E-state index is -4.73. The van der Waals surface area contributed by atoms with Crippen LogP contribution in [0.1, 0.15) is 11.3 Å². The molecule has 6 nitrogen and oxygen atoms in total. The van der Waals surface area contributed by atoms with Gasteiger partial charge in [0.2, 0.25) is 0 Å². The number of methoxy groups -OCH3 is 1. The van der Waals surface area contributed by atoms with Crippen LogP contribution in [0, 0.1) is 0 Å². The Morgan fingerprint density at radius 3 is 2.39 bits per heavy atom. The number of hydrogen-bond donors (Lipinski definition) is 1. The molecule has 0 atom stereocenters. The molecule has 23 heavy (non-hydrogen) atoms. The van der Waals surface area contributed by atoms with Crippen molar-refractivity contribution in [3.8, 4) is 0 Å². The third-order valence-electron chi connectivity index (χ3n) is 3.00. The monoisotopic (exact) mass is 349 g/mol. The predicted octanol–water partition coefficient (Wildman–Crippen LogP) is 2.39. The number of anilines is 1. The van der Waals surface area contributed by atoms with Crippen LogP contribution in [0.2, 0.25) is 0 Å². The van der Waals surface area contributed by atoms with Gasteiger partial charge in [-0.25, -0.2) is 8.42 Å². The van der Waals surface area contributed by atoms with E-state index in [1.165, 1.54) is 31.4 Å². The molecule has 126 valence electrons. The SMILES string of the molecule is COCc1ccc(S(=O)(=O)Nc2cnn(C)c2C(F)(F)F)cc1. The van der Waals surface area contributed by atoms with Gasteiger partial charge in [-0.05, 0) is 17.7 Å². The third kappa shape index (κ3) is 3.82. The molecule has 0 bridgehead atoms. The molecule has 2 aromatic rings. The summed E-state index contributed by atoms with van der Waals surface area (Å²) in [7, 11) is -1.58. The van der Waals surface area contributed by atoms with Gasteiger partial charge in [-0.2, -0.15) is 18.3 Å². The maximum atomic E-state index is 12.9. The minimum Gasteiger partial charge on any atom is -0.380 e. The quantitative estimate of drug-likeness (QED) is 0.900. The first kappa shape index (κ1) is 17.3. The zero-order valence-electron chi connectivity index (χ0n) is 12.3. The van der Waals surface area contributed by atoms with Crippen molar-refractivity contribution in [3.63, 3.8) is 0 Å². The van der Waals surface area contributed by atoms with Crippen LogP contribution in [-0.4, -0.2) is 25.3 Å². The van der Waals surface area contributed by atoms with E-state index in [2.05, 4.69) is 5.10 Å².